The van der Waals surface area contributed by atoms with Crippen molar-refractivity contribution in [1.82, 2.24) is 19.3 Å². The number of pyridine rings is 1. The van der Waals surface area contributed by atoms with Gasteiger partial charge < -0.3 is 9.30 Å². The Morgan fingerprint density at radius 1 is 1.16 bits per heavy atom. The third kappa shape index (κ3) is 6.17. The zero-order valence-electron chi connectivity index (χ0n) is 17.1. The van der Waals surface area contributed by atoms with Gasteiger partial charge in [-0.25, -0.2) is 21.9 Å². The molecule has 0 unspecified atom stereocenters. The van der Waals surface area contributed by atoms with E-state index in [1.165, 1.54) is 23.0 Å². The standard InChI is InChI=1S/C20H19BrF2N4O4S/c1-12-5-18(31-11-13-3-4-14(22)6-17(13)23)19(21)20(28)27(12)10-16-8-24-15(7-25-16)9-26-32(2,29)30/h3-8,26H,9-11H2,1-2H3. The van der Waals surface area contributed by atoms with Crippen LogP contribution in [0.1, 0.15) is 22.6 Å². The average Bonchev–Trinajstić information content (AvgIpc) is 2.72. The molecule has 0 radical (unpaired) electrons. The summed E-state index contributed by atoms with van der Waals surface area (Å²) >= 11 is 3.22. The van der Waals surface area contributed by atoms with Crippen LogP contribution in [-0.2, 0) is 29.7 Å². The highest BCUT2D eigenvalue weighted by Crippen LogP contribution is 2.24. The molecule has 0 fully saturated rings. The summed E-state index contributed by atoms with van der Waals surface area (Å²) in [6.07, 6.45) is 3.93. The first-order valence-corrected chi connectivity index (χ1v) is 11.9. The molecule has 2 heterocycles. The van der Waals surface area contributed by atoms with Crippen molar-refractivity contribution in [2.75, 3.05) is 6.26 Å². The molecular formula is C20H19BrF2N4O4S. The molecular weight excluding hydrogens is 510 g/mol. The van der Waals surface area contributed by atoms with Gasteiger partial charge in [0.2, 0.25) is 10.0 Å². The fourth-order valence-corrected chi connectivity index (χ4v) is 3.59. The lowest BCUT2D eigenvalue weighted by molar-refractivity contribution is 0.295. The number of benzene rings is 1. The smallest absolute Gasteiger partial charge is 0.269 e. The fraction of sp³-hybridized carbons (Fsp3) is 0.250. The van der Waals surface area contributed by atoms with Crippen LogP contribution in [0.3, 0.4) is 0 Å². The highest BCUT2D eigenvalue weighted by Gasteiger charge is 2.14. The first kappa shape index (κ1) is 24.0. The van der Waals surface area contributed by atoms with Crippen molar-refractivity contribution in [2.45, 2.75) is 26.6 Å². The van der Waals surface area contributed by atoms with Crippen molar-refractivity contribution in [3.05, 3.63) is 85.8 Å². The van der Waals surface area contributed by atoms with Crippen LogP contribution in [0.25, 0.3) is 0 Å². The lowest BCUT2D eigenvalue weighted by atomic mass is 10.2. The second-order valence-electron chi connectivity index (χ2n) is 6.97. The number of aryl methyl sites for hydroxylation is 1. The monoisotopic (exact) mass is 528 g/mol. The average molecular weight is 529 g/mol. The maximum atomic E-state index is 13.8. The van der Waals surface area contributed by atoms with E-state index >= 15 is 0 Å². The largest absolute Gasteiger partial charge is 0.487 e. The molecule has 0 amide bonds. The van der Waals surface area contributed by atoms with E-state index in [1.807, 2.05) is 0 Å². The second-order valence-corrected chi connectivity index (χ2v) is 9.60. The molecule has 3 aromatic rings. The predicted molar refractivity (Wildman–Crippen MR) is 117 cm³/mol. The summed E-state index contributed by atoms with van der Waals surface area (Å²) in [6.45, 7) is 1.67. The molecule has 0 saturated carbocycles. The zero-order chi connectivity index (χ0) is 23.5. The lowest BCUT2D eigenvalue weighted by Crippen LogP contribution is -2.25. The third-order valence-corrected chi connectivity index (χ3v) is 5.81. The van der Waals surface area contributed by atoms with Crippen LogP contribution in [0.4, 0.5) is 8.78 Å². The molecule has 0 saturated heterocycles. The van der Waals surface area contributed by atoms with Gasteiger partial charge in [-0.2, -0.15) is 0 Å². The molecule has 170 valence electrons. The Bertz CT molecular complexity index is 1300. The molecule has 1 aromatic carbocycles. The summed E-state index contributed by atoms with van der Waals surface area (Å²) in [5.74, 6) is -1.20. The van der Waals surface area contributed by atoms with Crippen LogP contribution in [0.5, 0.6) is 5.75 Å². The minimum absolute atomic E-state index is 0.0112. The van der Waals surface area contributed by atoms with Crippen molar-refractivity contribution < 1.29 is 21.9 Å². The topological polar surface area (TPSA) is 103 Å². The fourth-order valence-electron chi connectivity index (χ4n) is 2.73. The Hall–Kier alpha value is -2.70. The van der Waals surface area contributed by atoms with Crippen molar-refractivity contribution in [3.63, 3.8) is 0 Å². The Morgan fingerprint density at radius 3 is 2.47 bits per heavy atom. The minimum Gasteiger partial charge on any atom is -0.487 e. The number of hydrogen-bond donors (Lipinski definition) is 1. The van der Waals surface area contributed by atoms with Gasteiger partial charge in [0.15, 0.2) is 0 Å². The Morgan fingerprint density at radius 2 is 1.84 bits per heavy atom. The molecule has 3 rings (SSSR count). The molecule has 0 bridgehead atoms. The molecule has 0 spiro atoms. The van der Waals surface area contributed by atoms with Gasteiger partial charge in [0.1, 0.15) is 28.5 Å². The number of nitrogens with one attached hydrogen (secondary N) is 1. The van der Waals surface area contributed by atoms with Crippen molar-refractivity contribution in [3.8, 4) is 5.75 Å². The minimum atomic E-state index is -3.35. The molecule has 1 N–H and O–H groups in total. The summed E-state index contributed by atoms with van der Waals surface area (Å²) < 4.78 is 58.7. The Kier molecular flexibility index (Phi) is 7.36. The van der Waals surface area contributed by atoms with Crippen LogP contribution in [-0.4, -0.2) is 29.2 Å². The van der Waals surface area contributed by atoms with E-state index in [-0.39, 0.29) is 41.0 Å². The number of rotatable bonds is 8. The SMILES string of the molecule is Cc1cc(OCc2ccc(F)cc2F)c(Br)c(=O)n1Cc1cnc(CNS(C)(=O)=O)cn1. The van der Waals surface area contributed by atoms with Gasteiger partial charge in [-0.05, 0) is 35.0 Å². The van der Waals surface area contributed by atoms with Crippen molar-refractivity contribution in [2.24, 2.45) is 0 Å². The molecule has 0 aliphatic heterocycles. The van der Waals surface area contributed by atoms with Crippen LogP contribution in [0.2, 0.25) is 0 Å². The van der Waals surface area contributed by atoms with Crippen molar-refractivity contribution >= 4 is 26.0 Å². The summed E-state index contributed by atoms with van der Waals surface area (Å²) in [7, 11) is -3.35. The number of hydrogen-bond acceptors (Lipinski definition) is 6. The van der Waals surface area contributed by atoms with Gasteiger partial charge in [0, 0.05) is 23.4 Å². The van der Waals surface area contributed by atoms with Crippen LogP contribution < -0.4 is 15.0 Å². The van der Waals surface area contributed by atoms with Crippen LogP contribution in [0.15, 0.2) is 45.9 Å². The highest BCUT2D eigenvalue weighted by molar-refractivity contribution is 9.10. The molecule has 0 aliphatic carbocycles. The predicted octanol–water partition coefficient (Wildman–Crippen LogP) is 2.66. The molecule has 32 heavy (non-hydrogen) atoms. The zero-order valence-corrected chi connectivity index (χ0v) is 19.5. The van der Waals surface area contributed by atoms with Gasteiger partial charge in [-0.15, -0.1) is 0 Å². The molecule has 2 aromatic heterocycles. The van der Waals surface area contributed by atoms with Gasteiger partial charge in [0.05, 0.1) is 43.1 Å². The number of nitrogens with zero attached hydrogens (tertiary/aromatic N) is 3. The molecule has 8 nitrogen and oxygen atoms in total. The van der Waals surface area contributed by atoms with E-state index in [4.69, 9.17) is 4.74 Å². The number of ether oxygens (including phenoxy) is 1. The maximum absolute atomic E-state index is 13.8. The van der Waals surface area contributed by atoms with E-state index in [0.717, 1.165) is 18.4 Å². The van der Waals surface area contributed by atoms with Crippen LogP contribution in [0, 0.1) is 18.6 Å². The summed E-state index contributed by atoms with van der Waals surface area (Å²) in [6, 6.07) is 4.79. The molecule has 12 heteroatoms. The Balaban J connectivity index is 1.74. The maximum Gasteiger partial charge on any atom is 0.269 e. The first-order valence-electron chi connectivity index (χ1n) is 9.24. The van der Waals surface area contributed by atoms with E-state index in [2.05, 4.69) is 30.6 Å². The third-order valence-electron chi connectivity index (χ3n) is 4.41. The van der Waals surface area contributed by atoms with Gasteiger partial charge in [-0.3, -0.25) is 14.8 Å². The summed E-state index contributed by atoms with van der Waals surface area (Å²) in [5.41, 5.74) is 1.26. The van der Waals surface area contributed by atoms with Gasteiger partial charge in [0.25, 0.3) is 5.56 Å². The van der Waals surface area contributed by atoms with E-state index in [0.29, 0.717) is 17.1 Å². The number of halogens is 3. The number of aromatic nitrogens is 3. The number of sulfonamides is 1. The lowest BCUT2D eigenvalue weighted by Gasteiger charge is -2.14. The van der Waals surface area contributed by atoms with E-state index < -0.39 is 21.7 Å². The summed E-state index contributed by atoms with van der Waals surface area (Å²) in [4.78, 5) is 21.2. The van der Waals surface area contributed by atoms with E-state index in [1.54, 1.807) is 13.0 Å². The molecule has 0 aliphatic rings. The summed E-state index contributed by atoms with van der Waals surface area (Å²) in [5, 5.41) is 0. The van der Waals surface area contributed by atoms with Crippen LogP contribution >= 0.6 is 15.9 Å². The quantitative estimate of drug-likeness (QED) is 0.482. The van der Waals surface area contributed by atoms with Gasteiger partial charge >= 0.3 is 0 Å². The van der Waals surface area contributed by atoms with Crippen molar-refractivity contribution in [1.29, 1.82) is 0 Å². The normalized spacial score (nSPS) is 11.5. The van der Waals surface area contributed by atoms with E-state index in [9.17, 15) is 22.0 Å². The highest BCUT2D eigenvalue weighted by atomic mass is 79.9. The first-order chi connectivity index (χ1) is 15.0. The van der Waals surface area contributed by atoms with Gasteiger partial charge in [-0.1, -0.05) is 0 Å². The molecule has 0 atom stereocenters. The second kappa shape index (κ2) is 9.84. The Labute approximate surface area is 191 Å².